The van der Waals surface area contributed by atoms with Crippen LogP contribution in [0.5, 0.6) is 0 Å². The lowest BCUT2D eigenvalue weighted by molar-refractivity contribution is -0.140. The number of aryl methyl sites for hydroxylation is 1. The predicted octanol–water partition coefficient (Wildman–Crippen LogP) is 2.99. The molecular weight excluding hydrogens is 312 g/mol. The van der Waals surface area contributed by atoms with Crippen LogP contribution in [0, 0.1) is 12.8 Å². The summed E-state index contributed by atoms with van der Waals surface area (Å²) in [7, 11) is 0. The van der Waals surface area contributed by atoms with Crippen LogP contribution in [0.15, 0.2) is 22.7 Å². The zero-order valence-corrected chi connectivity index (χ0v) is 12.6. The van der Waals surface area contributed by atoms with E-state index in [4.69, 9.17) is 5.11 Å². The van der Waals surface area contributed by atoms with Crippen molar-refractivity contribution >= 4 is 33.6 Å². The van der Waals surface area contributed by atoms with Crippen molar-refractivity contribution in [1.29, 1.82) is 0 Å². The number of anilines is 1. The van der Waals surface area contributed by atoms with Gasteiger partial charge in [-0.15, -0.1) is 0 Å². The van der Waals surface area contributed by atoms with Crippen LogP contribution in [0.3, 0.4) is 0 Å². The van der Waals surface area contributed by atoms with Gasteiger partial charge in [0.05, 0.1) is 5.69 Å². The summed E-state index contributed by atoms with van der Waals surface area (Å²) >= 11 is 3.32. The molecule has 0 unspecified atom stereocenters. The maximum atomic E-state index is 11.8. The third-order valence-electron chi connectivity index (χ3n) is 2.59. The molecule has 1 aromatic rings. The average Bonchev–Trinajstić information content (AvgIpc) is 2.30. The molecule has 0 bridgehead atoms. The minimum atomic E-state index is -1.05. The predicted molar refractivity (Wildman–Crippen MR) is 77.3 cm³/mol. The van der Waals surface area contributed by atoms with E-state index in [1.54, 1.807) is 19.9 Å². The Morgan fingerprint density at radius 2 is 1.95 bits per heavy atom. The molecule has 1 atom stereocenters. The number of carboxylic acids is 1. The van der Waals surface area contributed by atoms with E-state index in [0.29, 0.717) is 5.69 Å². The summed E-state index contributed by atoms with van der Waals surface area (Å²) in [6.07, 6.45) is 0. The number of nitrogens with one attached hydrogen (secondary N) is 2. The van der Waals surface area contributed by atoms with E-state index < -0.39 is 18.0 Å². The summed E-state index contributed by atoms with van der Waals surface area (Å²) < 4.78 is 0.740. The fraction of sp³-hybridized carbons (Fsp3) is 0.385. The molecule has 0 saturated carbocycles. The second-order valence-corrected chi connectivity index (χ2v) is 5.50. The summed E-state index contributed by atoms with van der Waals surface area (Å²) in [4.78, 5) is 22.8. The van der Waals surface area contributed by atoms with Crippen LogP contribution in [0.4, 0.5) is 10.5 Å². The third kappa shape index (κ3) is 4.55. The van der Waals surface area contributed by atoms with Crippen LogP contribution in [-0.4, -0.2) is 23.1 Å². The average molecular weight is 329 g/mol. The first-order valence-corrected chi connectivity index (χ1v) is 6.67. The highest BCUT2D eigenvalue weighted by Gasteiger charge is 2.23. The quantitative estimate of drug-likeness (QED) is 0.795. The van der Waals surface area contributed by atoms with Crippen molar-refractivity contribution < 1.29 is 14.7 Å². The van der Waals surface area contributed by atoms with Gasteiger partial charge in [0.1, 0.15) is 6.04 Å². The number of rotatable bonds is 4. The van der Waals surface area contributed by atoms with Crippen molar-refractivity contribution in [3.8, 4) is 0 Å². The van der Waals surface area contributed by atoms with Crippen molar-refractivity contribution in [2.45, 2.75) is 26.8 Å². The maximum absolute atomic E-state index is 11.8. The first-order chi connectivity index (χ1) is 8.81. The Morgan fingerprint density at radius 3 is 2.47 bits per heavy atom. The molecule has 3 N–H and O–H groups in total. The zero-order valence-electron chi connectivity index (χ0n) is 11.0. The maximum Gasteiger partial charge on any atom is 0.326 e. The number of carbonyl (C=O) groups excluding carboxylic acids is 1. The molecular formula is C13H17BrN2O3. The van der Waals surface area contributed by atoms with E-state index in [2.05, 4.69) is 26.6 Å². The lowest BCUT2D eigenvalue weighted by Gasteiger charge is -2.18. The van der Waals surface area contributed by atoms with Crippen LogP contribution in [-0.2, 0) is 4.79 Å². The van der Waals surface area contributed by atoms with Gasteiger partial charge in [-0.05, 0) is 46.5 Å². The van der Waals surface area contributed by atoms with Crippen LogP contribution in [0.25, 0.3) is 0 Å². The topological polar surface area (TPSA) is 78.4 Å². The molecule has 19 heavy (non-hydrogen) atoms. The smallest absolute Gasteiger partial charge is 0.326 e. The van der Waals surface area contributed by atoms with E-state index in [9.17, 15) is 9.59 Å². The molecule has 0 heterocycles. The van der Waals surface area contributed by atoms with E-state index in [1.807, 2.05) is 19.1 Å². The molecule has 104 valence electrons. The minimum absolute atomic E-state index is 0.191. The molecule has 0 aliphatic carbocycles. The summed E-state index contributed by atoms with van der Waals surface area (Å²) in [5, 5.41) is 14.1. The van der Waals surface area contributed by atoms with Gasteiger partial charge in [-0.2, -0.15) is 0 Å². The highest BCUT2D eigenvalue weighted by atomic mass is 79.9. The Morgan fingerprint density at radius 1 is 1.32 bits per heavy atom. The zero-order chi connectivity index (χ0) is 14.6. The second-order valence-electron chi connectivity index (χ2n) is 4.64. The van der Waals surface area contributed by atoms with Crippen LogP contribution >= 0.6 is 15.9 Å². The molecule has 6 heteroatoms. The van der Waals surface area contributed by atoms with Gasteiger partial charge in [-0.3, -0.25) is 0 Å². The fourth-order valence-corrected chi connectivity index (χ4v) is 1.89. The van der Waals surface area contributed by atoms with Crippen molar-refractivity contribution in [2.75, 3.05) is 5.32 Å². The Kier molecular flexibility index (Phi) is 5.35. The second kappa shape index (κ2) is 6.56. The third-order valence-corrected chi connectivity index (χ3v) is 3.28. The first-order valence-electron chi connectivity index (χ1n) is 5.87. The van der Waals surface area contributed by atoms with Gasteiger partial charge in [-0.25, -0.2) is 9.59 Å². The lowest BCUT2D eigenvalue weighted by Crippen LogP contribution is -2.46. The first kappa shape index (κ1) is 15.5. The van der Waals surface area contributed by atoms with Gasteiger partial charge in [0.2, 0.25) is 0 Å². The Labute approximate surface area is 120 Å². The van der Waals surface area contributed by atoms with E-state index in [-0.39, 0.29) is 5.92 Å². The van der Waals surface area contributed by atoms with Gasteiger partial charge in [0.25, 0.3) is 0 Å². The number of hydrogen-bond donors (Lipinski definition) is 3. The van der Waals surface area contributed by atoms with Crippen molar-refractivity contribution in [3.05, 3.63) is 28.2 Å². The van der Waals surface area contributed by atoms with Crippen LogP contribution in [0.2, 0.25) is 0 Å². The number of halogens is 1. The number of amides is 2. The lowest BCUT2D eigenvalue weighted by atomic mass is 10.1. The van der Waals surface area contributed by atoms with Gasteiger partial charge in [-0.1, -0.05) is 19.9 Å². The van der Waals surface area contributed by atoms with Gasteiger partial charge < -0.3 is 15.7 Å². The Balaban J connectivity index is 2.74. The van der Waals surface area contributed by atoms with Crippen molar-refractivity contribution in [1.82, 2.24) is 5.32 Å². The van der Waals surface area contributed by atoms with Gasteiger partial charge >= 0.3 is 12.0 Å². The van der Waals surface area contributed by atoms with Gasteiger partial charge in [0.15, 0.2) is 0 Å². The normalized spacial score (nSPS) is 12.1. The van der Waals surface area contributed by atoms with E-state index >= 15 is 0 Å². The molecule has 0 fully saturated rings. The van der Waals surface area contributed by atoms with Crippen molar-refractivity contribution in [3.63, 3.8) is 0 Å². The number of carboxylic acid groups (broad SMARTS) is 1. The number of benzene rings is 1. The number of aliphatic carboxylic acids is 1. The fourth-order valence-electron chi connectivity index (χ4n) is 1.55. The molecule has 5 nitrogen and oxygen atoms in total. The molecule has 0 saturated heterocycles. The molecule has 0 spiro atoms. The standard InChI is InChI=1S/C13H17BrN2O3/c1-7(2)11(12(17)18)16-13(19)15-10-6-8(3)4-5-9(10)14/h4-7,11H,1-3H3,(H,17,18)(H2,15,16,19)/t11-/m1/s1. The molecule has 1 rings (SSSR count). The molecule has 0 radical (unpaired) electrons. The number of hydrogen-bond acceptors (Lipinski definition) is 2. The van der Waals surface area contributed by atoms with Crippen LogP contribution in [0.1, 0.15) is 19.4 Å². The Hall–Kier alpha value is -1.56. The minimum Gasteiger partial charge on any atom is -0.480 e. The highest BCUT2D eigenvalue weighted by Crippen LogP contribution is 2.23. The van der Waals surface area contributed by atoms with Crippen molar-refractivity contribution in [2.24, 2.45) is 5.92 Å². The monoisotopic (exact) mass is 328 g/mol. The number of carbonyl (C=O) groups is 2. The molecule has 2 amide bonds. The molecule has 0 aliphatic heterocycles. The molecule has 1 aromatic carbocycles. The summed E-state index contributed by atoms with van der Waals surface area (Å²) in [5.41, 5.74) is 1.60. The summed E-state index contributed by atoms with van der Waals surface area (Å²) in [5.74, 6) is -1.24. The SMILES string of the molecule is Cc1ccc(Br)c(NC(=O)N[C@@H](C(=O)O)C(C)C)c1. The largest absolute Gasteiger partial charge is 0.480 e. The van der Waals surface area contributed by atoms with Gasteiger partial charge in [0, 0.05) is 4.47 Å². The molecule has 0 aliphatic rings. The molecule has 0 aromatic heterocycles. The number of urea groups is 1. The van der Waals surface area contributed by atoms with E-state index in [1.165, 1.54) is 0 Å². The summed E-state index contributed by atoms with van der Waals surface area (Å²) in [6.45, 7) is 5.38. The summed E-state index contributed by atoms with van der Waals surface area (Å²) in [6, 6.07) is 4.08. The van der Waals surface area contributed by atoms with Crippen LogP contribution < -0.4 is 10.6 Å². The highest BCUT2D eigenvalue weighted by molar-refractivity contribution is 9.10. The Bertz CT molecular complexity index is 489. The van der Waals surface area contributed by atoms with E-state index in [0.717, 1.165) is 10.0 Å².